The van der Waals surface area contributed by atoms with Gasteiger partial charge in [0.2, 0.25) is 5.95 Å². The lowest BCUT2D eigenvalue weighted by molar-refractivity contribution is 1.07. The molecule has 10 heavy (non-hydrogen) atoms. The third kappa shape index (κ3) is 1.15. The molecule has 0 unspecified atom stereocenters. The van der Waals surface area contributed by atoms with Crippen LogP contribution in [0.2, 0.25) is 0 Å². The van der Waals surface area contributed by atoms with E-state index in [0.29, 0.717) is 11.5 Å². The fourth-order valence-corrected chi connectivity index (χ4v) is 0.585. The summed E-state index contributed by atoms with van der Waals surface area (Å²) < 4.78 is 0. The van der Waals surface area contributed by atoms with E-state index >= 15 is 0 Å². The Bertz CT molecular complexity index is 279. The molecular weight excluding hydrogens is 130 g/mol. The summed E-state index contributed by atoms with van der Waals surface area (Å²) in [6, 6.07) is 0. The van der Waals surface area contributed by atoms with E-state index in [1.165, 1.54) is 6.20 Å². The van der Waals surface area contributed by atoms with Gasteiger partial charge in [0.15, 0.2) is 0 Å². The summed E-state index contributed by atoms with van der Waals surface area (Å²) in [7, 11) is 1.70. The van der Waals surface area contributed by atoms with Crippen LogP contribution in [-0.4, -0.2) is 17.0 Å². The van der Waals surface area contributed by atoms with E-state index in [0.717, 1.165) is 0 Å². The Kier molecular flexibility index (Phi) is 1.71. The highest BCUT2D eigenvalue weighted by Gasteiger charge is 1.93. The molecule has 2 N–H and O–H groups in total. The monoisotopic (exact) mass is 139 g/mol. The first-order valence-electron chi connectivity index (χ1n) is 2.97. The number of rotatable bonds is 1. The third-order valence-electron chi connectivity index (χ3n) is 1.21. The van der Waals surface area contributed by atoms with Crippen LogP contribution in [0, 0.1) is 6.92 Å². The molecular formula is C6H9N3O. The van der Waals surface area contributed by atoms with Crippen molar-refractivity contribution >= 4 is 5.95 Å². The molecule has 0 bridgehead atoms. The number of nitrogens with one attached hydrogen (secondary N) is 2. The van der Waals surface area contributed by atoms with Crippen molar-refractivity contribution < 1.29 is 0 Å². The number of aromatic nitrogens is 2. The molecule has 0 saturated heterocycles. The normalized spacial score (nSPS) is 9.40. The number of hydrogen-bond donors (Lipinski definition) is 2. The maximum Gasteiger partial charge on any atom is 0.255 e. The standard InChI is InChI=1S/C6H9N3O/c1-4-3-8-6(7-2)9-5(4)10/h3H,1-2H3,(H2,7,8,9,10). The SMILES string of the molecule is CNc1ncc(C)c(=O)[nH]1. The summed E-state index contributed by atoms with van der Waals surface area (Å²) in [4.78, 5) is 17.3. The Morgan fingerprint density at radius 2 is 2.40 bits per heavy atom. The molecule has 54 valence electrons. The first-order chi connectivity index (χ1) is 4.74. The topological polar surface area (TPSA) is 57.8 Å². The van der Waals surface area contributed by atoms with Gasteiger partial charge in [-0.2, -0.15) is 0 Å². The van der Waals surface area contributed by atoms with Gasteiger partial charge in [0.25, 0.3) is 5.56 Å². The third-order valence-corrected chi connectivity index (χ3v) is 1.21. The molecule has 1 rings (SSSR count). The average Bonchev–Trinajstić information content (AvgIpc) is 1.95. The number of H-pyrrole nitrogens is 1. The highest BCUT2D eigenvalue weighted by atomic mass is 16.1. The van der Waals surface area contributed by atoms with E-state index in [1.54, 1.807) is 14.0 Å². The molecule has 0 atom stereocenters. The minimum absolute atomic E-state index is 0.0978. The first-order valence-corrected chi connectivity index (χ1v) is 2.97. The molecule has 0 amide bonds. The van der Waals surface area contributed by atoms with Gasteiger partial charge in [-0.1, -0.05) is 0 Å². The zero-order valence-corrected chi connectivity index (χ0v) is 5.93. The second kappa shape index (κ2) is 2.51. The van der Waals surface area contributed by atoms with E-state index in [2.05, 4.69) is 15.3 Å². The van der Waals surface area contributed by atoms with Crippen LogP contribution < -0.4 is 10.9 Å². The van der Waals surface area contributed by atoms with Crippen molar-refractivity contribution in [2.45, 2.75) is 6.92 Å². The zero-order valence-electron chi connectivity index (χ0n) is 5.93. The molecule has 1 aromatic heterocycles. The lowest BCUT2D eigenvalue weighted by atomic mass is 10.4. The minimum atomic E-state index is -0.0978. The van der Waals surface area contributed by atoms with Crippen molar-refractivity contribution in [1.82, 2.24) is 9.97 Å². The summed E-state index contributed by atoms with van der Waals surface area (Å²) >= 11 is 0. The predicted molar refractivity (Wildman–Crippen MR) is 39.1 cm³/mol. The minimum Gasteiger partial charge on any atom is -0.359 e. The molecule has 0 aliphatic rings. The van der Waals surface area contributed by atoms with Crippen molar-refractivity contribution in [3.63, 3.8) is 0 Å². The number of aryl methyl sites for hydroxylation is 1. The van der Waals surface area contributed by atoms with E-state index in [1.807, 2.05) is 0 Å². The Balaban J connectivity index is 3.17. The fraction of sp³-hybridized carbons (Fsp3) is 0.333. The van der Waals surface area contributed by atoms with Crippen LogP contribution >= 0.6 is 0 Å². The summed E-state index contributed by atoms with van der Waals surface area (Å²) in [6.45, 7) is 1.71. The van der Waals surface area contributed by atoms with Crippen LogP contribution in [0.4, 0.5) is 5.95 Å². The number of nitrogens with zero attached hydrogens (tertiary/aromatic N) is 1. The summed E-state index contributed by atoms with van der Waals surface area (Å²) in [6.07, 6.45) is 1.53. The highest BCUT2D eigenvalue weighted by Crippen LogP contribution is 1.89. The van der Waals surface area contributed by atoms with Crippen molar-refractivity contribution in [3.05, 3.63) is 22.1 Å². The number of hydrogen-bond acceptors (Lipinski definition) is 3. The van der Waals surface area contributed by atoms with Crippen LogP contribution in [-0.2, 0) is 0 Å². The quantitative estimate of drug-likeness (QED) is 0.581. The molecule has 0 radical (unpaired) electrons. The Labute approximate surface area is 58.3 Å². The molecule has 0 fully saturated rings. The predicted octanol–water partition coefficient (Wildman–Crippen LogP) is 0.120. The van der Waals surface area contributed by atoms with Gasteiger partial charge in [-0.25, -0.2) is 4.98 Å². The van der Waals surface area contributed by atoms with E-state index in [9.17, 15) is 4.79 Å². The van der Waals surface area contributed by atoms with Gasteiger partial charge in [-0.15, -0.1) is 0 Å². The molecule has 4 nitrogen and oxygen atoms in total. The van der Waals surface area contributed by atoms with E-state index < -0.39 is 0 Å². The van der Waals surface area contributed by atoms with Crippen molar-refractivity contribution in [2.75, 3.05) is 12.4 Å². The van der Waals surface area contributed by atoms with Gasteiger partial charge < -0.3 is 5.32 Å². The second-order valence-electron chi connectivity index (χ2n) is 1.99. The molecule has 0 aromatic carbocycles. The van der Waals surface area contributed by atoms with Crippen LogP contribution in [0.3, 0.4) is 0 Å². The lowest BCUT2D eigenvalue weighted by Crippen LogP contribution is -2.12. The van der Waals surface area contributed by atoms with Crippen LogP contribution in [0.5, 0.6) is 0 Å². The lowest BCUT2D eigenvalue weighted by Gasteiger charge is -1.96. The summed E-state index contributed by atoms with van der Waals surface area (Å²) in [5.41, 5.74) is 0.526. The Morgan fingerprint density at radius 1 is 1.70 bits per heavy atom. The Morgan fingerprint density at radius 3 is 2.90 bits per heavy atom. The zero-order chi connectivity index (χ0) is 7.56. The molecule has 1 aromatic rings. The molecule has 0 saturated carbocycles. The van der Waals surface area contributed by atoms with Gasteiger partial charge in [0.1, 0.15) is 0 Å². The van der Waals surface area contributed by atoms with Crippen molar-refractivity contribution in [1.29, 1.82) is 0 Å². The molecule has 4 heteroatoms. The summed E-state index contributed by atoms with van der Waals surface area (Å²) in [5.74, 6) is 0.496. The average molecular weight is 139 g/mol. The smallest absolute Gasteiger partial charge is 0.255 e. The van der Waals surface area contributed by atoms with Gasteiger partial charge in [0, 0.05) is 18.8 Å². The largest absolute Gasteiger partial charge is 0.359 e. The van der Waals surface area contributed by atoms with Crippen molar-refractivity contribution in [2.24, 2.45) is 0 Å². The second-order valence-corrected chi connectivity index (χ2v) is 1.99. The highest BCUT2D eigenvalue weighted by molar-refractivity contribution is 5.22. The van der Waals surface area contributed by atoms with Gasteiger partial charge in [0.05, 0.1) is 0 Å². The number of anilines is 1. The maximum absolute atomic E-state index is 10.9. The van der Waals surface area contributed by atoms with Crippen LogP contribution in [0.1, 0.15) is 5.56 Å². The number of aromatic amines is 1. The fourth-order valence-electron chi connectivity index (χ4n) is 0.585. The van der Waals surface area contributed by atoms with Crippen LogP contribution in [0.15, 0.2) is 11.0 Å². The summed E-state index contributed by atoms with van der Waals surface area (Å²) in [5, 5.41) is 2.73. The van der Waals surface area contributed by atoms with E-state index in [-0.39, 0.29) is 5.56 Å². The Hall–Kier alpha value is -1.32. The molecule has 0 spiro atoms. The maximum atomic E-state index is 10.9. The molecule has 0 aliphatic carbocycles. The van der Waals surface area contributed by atoms with Gasteiger partial charge in [-0.3, -0.25) is 9.78 Å². The first kappa shape index (κ1) is 6.80. The van der Waals surface area contributed by atoms with Crippen LogP contribution in [0.25, 0.3) is 0 Å². The van der Waals surface area contributed by atoms with E-state index in [4.69, 9.17) is 0 Å². The van der Waals surface area contributed by atoms with Crippen molar-refractivity contribution in [3.8, 4) is 0 Å². The van der Waals surface area contributed by atoms with Gasteiger partial charge >= 0.3 is 0 Å². The molecule has 0 aliphatic heterocycles. The van der Waals surface area contributed by atoms with Gasteiger partial charge in [-0.05, 0) is 6.92 Å². The molecule has 1 heterocycles.